The van der Waals surface area contributed by atoms with Gasteiger partial charge in [-0.2, -0.15) is 0 Å². The molecule has 0 atom stereocenters. The van der Waals surface area contributed by atoms with Crippen LogP contribution in [-0.4, -0.2) is 50.9 Å². The SMILES string of the molecule is COc1ccc(CNC(=O)NCC2CCN(C(=O)Oc3ccccc3)CC2)cc1OC. The molecule has 2 N–H and O–H groups in total. The van der Waals surface area contributed by atoms with Crippen molar-refractivity contribution in [3.05, 3.63) is 54.1 Å². The summed E-state index contributed by atoms with van der Waals surface area (Å²) in [6.45, 7) is 2.19. The number of carbonyl (C=O) groups excluding carboxylic acids is 2. The Hall–Kier alpha value is -3.42. The van der Waals surface area contributed by atoms with Gasteiger partial charge in [-0.05, 0) is 48.6 Å². The van der Waals surface area contributed by atoms with Gasteiger partial charge in [-0.25, -0.2) is 9.59 Å². The lowest BCUT2D eigenvalue weighted by Crippen LogP contribution is -2.44. The summed E-state index contributed by atoms with van der Waals surface area (Å²) in [4.78, 5) is 26.1. The van der Waals surface area contributed by atoms with Gasteiger partial charge in [0.05, 0.1) is 14.2 Å². The summed E-state index contributed by atoms with van der Waals surface area (Å²) in [6, 6.07) is 14.4. The normalized spacial score (nSPS) is 13.9. The van der Waals surface area contributed by atoms with Gasteiger partial charge in [0.2, 0.25) is 0 Å². The zero-order valence-electron chi connectivity index (χ0n) is 17.9. The van der Waals surface area contributed by atoms with E-state index in [-0.39, 0.29) is 12.1 Å². The molecule has 1 heterocycles. The summed E-state index contributed by atoms with van der Waals surface area (Å²) < 4.78 is 15.9. The van der Waals surface area contributed by atoms with Gasteiger partial charge < -0.3 is 29.7 Å². The van der Waals surface area contributed by atoms with Gasteiger partial charge in [-0.1, -0.05) is 24.3 Å². The number of amides is 3. The first-order valence-corrected chi connectivity index (χ1v) is 10.3. The van der Waals surface area contributed by atoms with Crippen LogP contribution in [0.15, 0.2) is 48.5 Å². The topological polar surface area (TPSA) is 89.1 Å². The molecule has 0 spiro atoms. The third kappa shape index (κ3) is 6.53. The van der Waals surface area contributed by atoms with Gasteiger partial charge in [-0.15, -0.1) is 0 Å². The standard InChI is InChI=1S/C23H29N3O5/c1-29-20-9-8-18(14-21(20)30-2)16-25-22(27)24-15-17-10-12-26(13-11-17)23(28)31-19-6-4-3-5-7-19/h3-9,14,17H,10-13,15-16H2,1-2H3,(H2,24,25,27). The van der Waals surface area contributed by atoms with Crippen LogP contribution in [0.5, 0.6) is 17.2 Å². The number of hydrogen-bond acceptors (Lipinski definition) is 5. The largest absolute Gasteiger partial charge is 0.493 e. The van der Waals surface area contributed by atoms with Crippen molar-refractivity contribution in [1.82, 2.24) is 15.5 Å². The minimum absolute atomic E-state index is 0.222. The van der Waals surface area contributed by atoms with E-state index in [1.807, 2.05) is 36.4 Å². The third-order valence-electron chi connectivity index (χ3n) is 5.27. The number of ether oxygens (including phenoxy) is 3. The van der Waals surface area contributed by atoms with Crippen LogP contribution in [0.1, 0.15) is 18.4 Å². The third-order valence-corrected chi connectivity index (χ3v) is 5.27. The fourth-order valence-electron chi connectivity index (χ4n) is 3.45. The summed E-state index contributed by atoms with van der Waals surface area (Å²) in [5.41, 5.74) is 0.915. The lowest BCUT2D eigenvalue weighted by molar-refractivity contribution is 0.130. The molecule has 1 aliphatic rings. The average Bonchev–Trinajstić information content (AvgIpc) is 2.82. The summed E-state index contributed by atoms with van der Waals surface area (Å²) in [5, 5.41) is 5.77. The first-order valence-electron chi connectivity index (χ1n) is 10.3. The minimum atomic E-state index is -0.328. The number of likely N-dealkylation sites (tertiary alicyclic amines) is 1. The Morgan fingerprint density at radius 2 is 1.68 bits per heavy atom. The van der Waals surface area contributed by atoms with Crippen molar-refractivity contribution in [3.63, 3.8) is 0 Å². The molecule has 3 rings (SSSR count). The van der Waals surface area contributed by atoms with Crippen LogP contribution in [-0.2, 0) is 6.54 Å². The summed E-state index contributed by atoms with van der Waals surface area (Å²) in [5.74, 6) is 2.14. The molecule has 1 saturated heterocycles. The molecular weight excluding hydrogens is 398 g/mol. The molecule has 0 saturated carbocycles. The highest BCUT2D eigenvalue weighted by Gasteiger charge is 2.24. The molecule has 2 aromatic rings. The van der Waals surface area contributed by atoms with Crippen LogP contribution >= 0.6 is 0 Å². The minimum Gasteiger partial charge on any atom is -0.493 e. The van der Waals surface area contributed by atoms with Crippen molar-refractivity contribution in [2.45, 2.75) is 19.4 Å². The Balaban J connectivity index is 1.35. The highest BCUT2D eigenvalue weighted by atomic mass is 16.6. The van der Waals surface area contributed by atoms with Gasteiger partial charge in [0.1, 0.15) is 5.75 Å². The van der Waals surface area contributed by atoms with Gasteiger partial charge in [0.15, 0.2) is 11.5 Å². The number of urea groups is 1. The fraction of sp³-hybridized carbons (Fsp3) is 0.391. The molecule has 31 heavy (non-hydrogen) atoms. The first-order chi connectivity index (χ1) is 15.1. The maximum atomic E-state index is 12.3. The Morgan fingerprint density at radius 1 is 0.968 bits per heavy atom. The van der Waals surface area contributed by atoms with Gasteiger partial charge in [0, 0.05) is 26.2 Å². The highest BCUT2D eigenvalue weighted by Crippen LogP contribution is 2.27. The van der Waals surface area contributed by atoms with E-state index in [0.29, 0.717) is 49.3 Å². The van der Waals surface area contributed by atoms with E-state index in [2.05, 4.69) is 10.6 Å². The van der Waals surface area contributed by atoms with Crippen molar-refractivity contribution < 1.29 is 23.8 Å². The molecule has 0 aromatic heterocycles. The molecule has 0 aliphatic carbocycles. The Labute approximate surface area is 182 Å². The van der Waals surface area contributed by atoms with Crippen molar-refractivity contribution in [1.29, 1.82) is 0 Å². The number of rotatable bonds is 7. The van der Waals surface area contributed by atoms with E-state index >= 15 is 0 Å². The summed E-state index contributed by atoms with van der Waals surface area (Å²) in [7, 11) is 3.16. The fourth-order valence-corrected chi connectivity index (χ4v) is 3.45. The molecular formula is C23H29N3O5. The van der Waals surface area contributed by atoms with Crippen molar-refractivity contribution >= 4 is 12.1 Å². The van der Waals surface area contributed by atoms with Crippen molar-refractivity contribution in [2.75, 3.05) is 33.9 Å². The number of benzene rings is 2. The predicted octanol–water partition coefficient (Wildman–Crippen LogP) is 3.41. The molecule has 0 bridgehead atoms. The number of hydrogen-bond donors (Lipinski definition) is 2. The first kappa shape index (κ1) is 22.3. The molecule has 2 aromatic carbocycles. The van der Waals surface area contributed by atoms with Crippen LogP contribution in [0, 0.1) is 5.92 Å². The molecule has 0 radical (unpaired) electrons. The second-order valence-electron chi connectivity index (χ2n) is 7.36. The summed E-state index contributed by atoms with van der Waals surface area (Å²) >= 11 is 0. The number of nitrogens with one attached hydrogen (secondary N) is 2. The van der Waals surface area contributed by atoms with Gasteiger partial charge in [-0.3, -0.25) is 0 Å². The smallest absolute Gasteiger partial charge is 0.415 e. The van der Waals surface area contributed by atoms with E-state index in [1.165, 1.54) is 0 Å². The van der Waals surface area contributed by atoms with Crippen LogP contribution < -0.4 is 24.8 Å². The van der Waals surface area contributed by atoms with E-state index in [0.717, 1.165) is 18.4 Å². The molecule has 8 heteroatoms. The Morgan fingerprint density at radius 3 is 2.35 bits per heavy atom. The molecule has 166 valence electrons. The quantitative estimate of drug-likeness (QED) is 0.707. The predicted molar refractivity (Wildman–Crippen MR) is 117 cm³/mol. The molecule has 1 fully saturated rings. The number of carbonyl (C=O) groups is 2. The molecule has 1 aliphatic heterocycles. The van der Waals surface area contributed by atoms with Gasteiger partial charge in [0.25, 0.3) is 0 Å². The maximum Gasteiger partial charge on any atom is 0.415 e. The zero-order valence-corrected chi connectivity index (χ0v) is 17.9. The summed E-state index contributed by atoms with van der Waals surface area (Å²) in [6.07, 6.45) is 1.31. The van der Waals surface area contributed by atoms with E-state index in [4.69, 9.17) is 14.2 Å². The zero-order chi connectivity index (χ0) is 22.1. The van der Waals surface area contributed by atoms with Crippen LogP contribution in [0.25, 0.3) is 0 Å². The molecule has 0 unspecified atom stereocenters. The number of piperidine rings is 1. The molecule has 3 amide bonds. The highest BCUT2D eigenvalue weighted by molar-refractivity contribution is 5.74. The Bertz CT molecular complexity index is 867. The van der Waals surface area contributed by atoms with Crippen LogP contribution in [0.3, 0.4) is 0 Å². The lowest BCUT2D eigenvalue weighted by atomic mass is 9.97. The number of methoxy groups -OCH3 is 2. The monoisotopic (exact) mass is 427 g/mol. The van der Waals surface area contributed by atoms with E-state index in [9.17, 15) is 9.59 Å². The van der Waals surface area contributed by atoms with E-state index < -0.39 is 0 Å². The van der Waals surface area contributed by atoms with Crippen molar-refractivity contribution in [2.24, 2.45) is 5.92 Å². The van der Waals surface area contributed by atoms with Crippen LogP contribution in [0.4, 0.5) is 9.59 Å². The maximum absolute atomic E-state index is 12.3. The Kier molecular flexibility index (Phi) is 7.98. The number of para-hydroxylation sites is 1. The van der Waals surface area contributed by atoms with Crippen molar-refractivity contribution in [3.8, 4) is 17.2 Å². The second-order valence-corrected chi connectivity index (χ2v) is 7.36. The van der Waals surface area contributed by atoms with E-state index in [1.54, 1.807) is 31.3 Å². The lowest BCUT2D eigenvalue weighted by Gasteiger charge is -2.31. The second kappa shape index (κ2) is 11.1. The average molecular weight is 428 g/mol. The number of nitrogens with zero attached hydrogens (tertiary/aromatic N) is 1. The van der Waals surface area contributed by atoms with Gasteiger partial charge >= 0.3 is 12.1 Å². The molecule has 8 nitrogen and oxygen atoms in total. The van der Waals surface area contributed by atoms with Crippen LogP contribution in [0.2, 0.25) is 0 Å².